The first-order chi connectivity index (χ1) is 6.52. The first-order valence-electron chi connectivity index (χ1n) is 4.93. The summed E-state index contributed by atoms with van der Waals surface area (Å²) in [5.41, 5.74) is 5.66. The fourth-order valence-corrected chi connectivity index (χ4v) is 1.37. The highest BCUT2D eigenvalue weighted by molar-refractivity contribution is 5.85. The van der Waals surface area contributed by atoms with Gasteiger partial charge >= 0.3 is 0 Å². The number of nitrogens with two attached hydrogens (primary N) is 1. The van der Waals surface area contributed by atoms with Gasteiger partial charge in [0.2, 0.25) is 0 Å². The van der Waals surface area contributed by atoms with Gasteiger partial charge in [-0.05, 0) is 38.6 Å². The summed E-state index contributed by atoms with van der Waals surface area (Å²) in [6, 6.07) is -0.498. The monoisotopic (exact) mass is 199 g/mol. The molecule has 4 heteroatoms. The maximum absolute atomic E-state index is 11.1. The fraction of sp³-hybridized carbons (Fsp3) is 0.800. The van der Waals surface area contributed by atoms with Crippen LogP contribution in [0.25, 0.3) is 0 Å². The number of hydrogen-bond acceptors (Lipinski definition) is 3. The van der Waals surface area contributed by atoms with Gasteiger partial charge in [-0.15, -0.1) is 0 Å². The number of rotatable bonds is 6. The van der Waals surface area contributed by atoms with E-state index in [4.69, 9.17) is 5.73 Å². The van der Waals surface area contributed by atoms with Crippen molar-refractivity contribution in [2.24, 2.45) is 22.6 Å². The maximum Gasteiger partial charge on any atom is 0.261 e. The Labute approximate surface area is 86.0 Å². The molecule has 0 radical (unpaired) electrons. The fourth-order valence-electron chi connectivity index (χ4n) is 1.37. The molecule has 0 rings (SSSR count). The van der Waals surface area contributed by atoms with Gasteiger partial charge in [-0.2, -0.15) is 0 Å². The van der Waals surface area contributed by atoms with Crippen LogP contribution in [0.15, 0.2) is 4.99 Å². The minimum absolute atomic E-state index is 0.312. The average Bonchev–Trinajstić information content (AvgIpc) is 2.16. The number of nitrogens with one attached hydrogen (secondary N) is 1. The second kappa shape index (κ2) is 6.68. The van der Waals surface area contributed by atoms with Crippen LogP contribution in [0.3, 0.4) is 0 Å². The summed E-state index contributed by atoms with van der Waals surface area (Å²) >= 11 is 0. The van der Waals surface area contributed by atoms with Gasteiger partial charge < -0.3 is 11.1 Å². The molecule has 0 unspecified atom stereocenters. The van der Waals surface area contributed by atoms with Crippen molar-refractivity contribution >= 4 is 12.6 Å². The summed E-state index contributed by atoms with van der Waals surface area (Å²) in [5, 5.41) is 3.10. The van der Waals surface area contributed by atoms with Crippen LogP contribution in [0.1, 0.15) is 20.3 Å². The predicted molar refractivity (Wildman–Crippen MR) is 59.4 cm³/mol. The van der Waals surface area contributed by atoms with Crippen LogP contribution in [0, 0.1) is 11.8 Å². The van der Waals surface area contributed by atoms with E-state index in [0.717, 1.165) is 6.54 Å². The molecule has 3 N–H and O–H groups in total. The Morgan fingerprint density at radius 1 is 1.50 bits per heavy atom. The standard InChI is InChI=1S/C10H21N3O/c1-7(8(2)6-12-3)5-9(11)10(14)13-4/h7-9,12H,4-6,11H2,1-3H3/t7-,8+,9-/m0/s1. The van der Waals surface area contributed by atoms with Crippen LogP contribution in [-0.2, 0) is 4.79 Å². The lowest BCUT2D eigenvalue weighted by molar-refractivity contribution is -0.119. The van der Waals surface area contributed by atoms with E-state index in [1.54, 1.807) is 0 Å². The van der Waals surface area contributed by atoms with E-state index < -0.39 is 6.04 Å². The predicted octanol–water partition coefficient (Wildman–Crippen LogP) is 0.423. The number of nitrogens with zero attached hydrogens (tertiary/aromatic N) is 1. The number of carbonyl (C=O) groups is 1. The molecule has 0 aliphatic heterocycles. The number of aliphatic imine (C=N–C) groups is 1. The van der Waals surface area contributed by atoms with Crippen molar-refractivity contribution in [2.45, 2.75) is 26.3 Å². The van der Waals surface area contributed by atoms with E-state index in [1.165, 1.54) is 0 Å². The molecule has 0 fully saturated rings. The lowest BCUT2D eigenvalue weighted by Crippen LogP contribution is -2.33. The SMILES string of the molecule is C=NC(=O)[C@@H](N)C[C@H](C)[C@H](C)CNC. The van der Waals surface area contributed by atoms with E-state index in [-0.39, 0.29) is 5.91 Å². The van der Waals surface area contributed by atoms with Gasteiger partial charge in [-0.3, -0.25) is 4.79 Å². The number of carbonyl (C=O) groups excluding carboxylic acids is 1. The van der Waals surface area contributed by atoms with Crippen LogP contribution >= 0.6 is 0 Å². The Hall–Kier alpha value is -0.740. The Morgan fingerprint density at radius 2 is 2.07 bits per heavy atom. The van der Waals surface area contributed by atoms with E-state index in [1.807, 2.05) is 7.05 Å². The molecule has 0 heterocycles. The van der Waals surface area contributed by atoms with E-state index >= 15 is 0 Å². The molecule has 0 saturated carbocycles. The van der Waals surface area contributed by atoms with Gasteiger partial charge in [0.05, 0.1) is 6.04 Å². The van der Waals surface area contributed by atoms with Crippen molar-refractivity contribution in [3.8, 4) is 0 Å². The maximum atomic E-state index is 11.1. The molecular formula is C10H21N3O. The van der Waals surface area contributed by atoms with Crippen molar-refractivity contribution in [2.75, 3.05) is 13.6 Å². The minimum Gasteiger partial charge on any atom is -0.320 e. The highest BCUT2D eigenvalue weighted by Crippen LogP contribution is 2.15. The summed E-state index contributed by atoms with van der Waals surface area (Å²) in [5.74, 6) is 0.598. The molecule has 82 valence electrons. The van der Waals surface area contributed by atoms with E-state index in [9.17, 15) is 4.79 Å². The van der Waals surface area contributed by atoms with Crippen molar-refractivity contribution in [1.82, 2.24) is 5.32 Å². The highest BCUT2D eigenvalue weighted by Gasteiger charge is 2.19. The normalized spacial score (nSPS) is 17.1. The van der Waals surface area contributed by atoms with Gasteiger partial charge in [0.15, 0.2) is 0 Å². The third-order valence-electron chi connectivity index (χ3n) is 2.60. The van der Waals surface area contributed by atoms with E-state index in [0.29, 0.717) is 18.3 Å². The molecule has 3 atom stereocenters. The molecule has 0 saturated heterocycles. The van der Waals surface area contributed by atoms with Crippen LogP contribution in [0.2, 0.25) is 0 Å². The summed E-state index contributed by atoms with van der Waals surface area (Å²) in [6.07, 6.45) is 0.667. The van der Waals surface area contributed by atoms with Gasteiger partial charge in [0, 0.05) is 0 Å². The Kier molecular flexibility index (Phi) is 6.32. The van der Waals surface area contributed by atoms with Crippen molar-refractivity contribution in [3.05, 3.63) is 0 Å². The minimum atomic E-state index is -0.498. The second-order valence-electron chi connectivity index (χ2n) is 3.85. The smallest absolute Gasteiger partial charge is 0.261 e. The lowest BCUT2D eigenvalue weighted by atomic mass is 9.89. The number of amides is 1. The van der Waals surface area contributed by atoms with Crippen LogP contribution < -0.4 is 11.1 Å². The van der Waals surface area contributed by atoms with Crippen molar-refractivity contribution in [1.29, 1.82) is 0 Å². The molecule has 0 aliphatic carbocycles. The topological polar surface area (TPSA) is 67.5 Å². The van der Waals surface area contributed by atoms with Gasteiger partial charge in [0.1, 0.15) is 0 Å². The largest absolute Gasteiger partial charge is 0.320 e. The van der Waals surface area contributed by atoms with E-state index in [2.05, 4.69) is 30.9 Å². The Balaban J connectivity index is 3.97. The molecule has 0 aromatic heterocycles. The summed E-state index contributed by atoms with van der Waals surface area (Å²) < 4.78 is 0. The third-order valence-corrected chi connectivity index (χ3v) is 2.60. The average molecular weight is 199 g/mol. The Bertz CT molecular complexity index is 194. The third kappa shape index (κ3) is 4.48. The summed E-state index contributed by atoms with van der Waals surface area (Å²) in [6.45, 7) is 8.35. The summed E-state index contributed by atoms with van der Waals surface area (Å²) in [7, 11) is 1.92. The zero-order chi connectivity index (χ0) is 11.1. The van der Waals surface area contributed by atoms with Crippen molar-refractivity contribution < 1.29 is 4.79 Å². The van der Waals surface area contributed by atoms with Gasteiger partial charge in [-0.25, -0.2) is 4.99 Å². The lowest BCUT2D eigenvalue weighted by Gasteiger charge is -2.21. The molecule has 14 heavy (non-hydrogen) atoms. The van der Waals surface area contributed by atoms with Gasteiger partial charge in [0.25, 0.3) is 5.91 Å². The first kappa shape index (κ1) is 13.3. The molecule has 0 bridgehead atoms. The zero-order valence-electron chi connectivity index (χ0n) is 9.29. The molecule has 0 aliphatic rings. The van der Waals surface area contributed by atoms with Crippen LogP contribution in [-0.4, -0.2) is 32.3 Å². The highest BCUT2D eigenvalue weighted by atomic mass is 16.1. The molecule has 0 aromatic rings. The summed E-state index contributed by atoms with van der Waals surface area (Å²) in [4.78, 5) is 14.4. The molecule has 4 nitrogen and oxygen atoms in total. The number of hydrogen-bond donors (Lipinski definition) is 2. The quantitative estimate of drug-likeness (QED) is 0.609. The Morgan fingerprint density at radius 3 is 2.50 bits per heavy atom. The van der Waals surface area contributed by atoms with Crippen LogP contribution in [0.5, 0.6) is 0 Å². The second-order valence-corrected chi connectivity index (χ2v) is 3.85. The van der Waals surface area contributed by atoms with Gasteiger partial charge in [-0.1, -0.05) is 13.8 Å². The molecular weight excluding hydrogens is 178 g/mol. The molecule has 0 spiro atoms. The molecule has 0 aromatic carbocycles. The molecule has 1 amide bonds. The first-order valence-corrected chi connectivity index (χ1v) is 4.93. The zero-order valence-corrected chi connectivity index (χ0v) is 9.29. The van der Waals surface area contributed by atoms with Crippen molar-refractivity contribution in [3.63, 3.8) is 0 Å². The van der Waals surface area contributed by atoms with Crippen LogP contribution in [0.4, 0.5) is 0 Å².